The molecule has 29 heavy (non-hydrogen) atoms. The Hall–Kier alpha value is -1.42. The number of benzene rings is 1. The molecular formula is C25H38O4. The highest BCUT2D eigenvalue weighted by Crippen LogP contribution is 2.64. The van der Waals surface area contributed by atoms with Crippen molar-refractivity contribution < 1.29 is 19.3 Å². The molecule has 2 saturated carbocycles. The Kier molecular flexibility index (Phi) is 4.88. The van der Waals surface area contributed by atoms with Crippen LogP contribution in [-0.2, 0) is 0 Å². The Balaban J connectivity index is 1.74. The van der Waals surface area contributed by atoms with Crippen LogP contribution in [0.3, 0.4) is 0 Å². The van der Waals surface area contributed by atoms with Crippen LogP contribution in [0.25, 0.3) is 0 Å². The second-order valence-electron chi connectivity index (χ2n) is 11.1. The molecule has 1 aromatic carbocycles. The van der Waals surface area contributed by atoms with Gasteiger partial charge in [0.2, 0.25) is 5.79 Å². The second kappa shape index (κ2) is 6.80. The number of ether oxygens (including phenoxy) is 3. The van der Waals surface area contributed by atoms with E-state index < -0.39 is 11.9 Å². The summed E-state index contributed by atoms with van der Waals surface area (Å²) in [4.78, 5) is 0. The predicted octanol–water partition coefficient (Wildman–Crippen LogP) is 6.11. The first-order chi connectivity index (χ1) is 13.5. The second-order valence-corrected chi connectivity index (χ2v) is 11.1. The normalized spacial score (nSPS) is 35.7. The van der Waals surface area contributed by atoms with Gasteiger partial charge >= 0.3 is 0 Å². The largest absolute Gasteiger partial charge is 0.496 e. The minimum absolute atomic E-state index is 0.124. The molecule has 1 aliphatic heterocycles. The molecule has 2 fully saturated rings. The van der Waals surface area contributed by atoms with Gasteiger partial charge in [-0.1, -0.05) is 40.5 Å². The van der Waals surface area contributed by atoms with Crippen molar-refractivity contribution in [2.75, 3.05) is 7.11 Å². The van der Waals surface area contributed by atoms with Crippen molar-refractivity contribution >= 4 is 0 Å². The van der Waals surface area contributed by atoms with Crippen molar-refractivity contribution in [3.63, 3.8) is 0 Å². The Morgan fingerprint density at radius 2 is 1.69 bits per heavy atom. The van der Waals surface area contributed by atoms with Crippen LogP contribution in [0, 0.1) is 28.6 Å². The van der Waals surface area contributed by atoms with Crippen LogP contribution in [0.15, 0.2) is 12.1 Å². The quantitative estimate of drug-likeness (QED) is 0.662. The molecule has 2 aliphatic carbocycles. The third kappa shape index (κ3) is 3.32. The maximum atomic E-state index is 11.8. The molecule has 0 bridgehead atoms. The van der Waals surface area contributed by atoms with Gasteiger partial charge in [-0.05, 0) is 53.9 Å². The molecule has 4 rings (SSSR count). The Morgan fingerprint density at radius 3 is 2.34 bits per heavy atom. The van der Waals surface area contributed by atoms with Gasteiger partial charge in [-0.15, -0.1) is 0 Å². The molecule has 4 heteroatoms. The first-order valence-electron chi connectivity index (χ1n) is 11.3. The van der Waals surface area contributed by atoms with E-state index in [1.54, 1.807) is 7.11 Å². The molecule has 3 aliphatic rings. The summed E-state index contributed by atoms with van der Waals surface area (Å²) in [5.74, 6) is 2.67. The van der Waals surface area contributed by atoms with Gasteiger partial charge in [-0.3, -0.25) is 0 Å². The van der Waals surface area contributed by atoms with E-state index in [1.165, 1.54) is 32.1 Å². The highest BCUT2D eigenvalue weighted by molar-refractivity contribution is 5.53. The van der Waals surface area contributed by atoms with Crippen molar-refractivity contribution in [1.29, 1.82) is 0 Å². The van der Waals surface area contributed by atoms with Gasteiger partial charge in [-0.25, -0.2) is 0 Å². The highest BCUT2D eigenvalue weighted by atomic mass is 16.7. The molecule has 1 N–H and O–H groups in total. The average Bonchev–Trinajstić information content (AvgIpc) is 2.91. The number of methoxy groups -OCH3 is 1. The topological polar surface area (TPSA) is 47.9 Å². The van der Waals surface area contributed by atoms with Crippen molar-refractivity contribution in [2.24, 2.45) is 28.6 Å². The summed E-state index contributed by atoms with van der Waals surface area (Å²) in [6, 6.07) is 3.82. The summed E-state index contributed by atoms with van der Waals surface area (Å²) in [5, 5.41) is 11.8. The summed E-state index contributed by atoms with van der Waals surface area (Å²) in [6.07, 6.45) is 5.56. The summed E-state index contributed by atoms with van der Waals surface area (Å²) < 4.78 is 17.6. The van der Waals surface area contributed by atoms with Crippen LogP contribution in [0.1, 0.15) is 85.3 Å². The molecule has 5 atom stereocenters. The van der Waals surface area contributed by atoms with Crippen LogP contribution in [0.4, 0.5) is 0 Å². The highest BCUT2D eigenvalue weighted by Gasteiger charge is 2.56. The van der Waals surface area contributed by atoms with E-state index in [-0.39, 0.29) is 11.3 Å². The Morgan fingerprint density at radius 1 is 1.03 bits per heavy atom. The Labute approximate surface area is 175 Å². The average molecular weight is 403 g/mol. The first-order valence-corrected chi connectivity index (χ1v) is 11.3. The van der Waals surface area contributed by atoms with Crippen molar-refractivity contribution in [1.82, 2.24) is 0 Å². The van der Waals surface area contributed by atoms with Gasteiger partial charge in [0.15, 0.2) is 11.5 Å². The lowest BCUT2D eigenvalue weighted by atomic mass is 9.45. The van der Waals surface area contributed by atoms with Crippen LogP contribution in [0.5, 0.6) is 17.2 Å². The number of fused-ring (bicyclic) bond motifs is 2. The lowest BCUT2D eigenvalue weighted by molar-refractivity contribution is -0.134. The fourth-order valence-electron chi connectivity index (χ4n) is 7.08. The monoisotopic (exact) mass is 402 g/mol. The summed E-state index contributed by atoms with van der Waals surface area (Å²) >= 11 is 0. The summed E-state index contributed by atoms with van der Waals surface area (Å²) in [5.41, 5.74) is 1.28. The smallest absolute Gasteiger partial charge is 0.246 e. The fourth-order valence-corrected chi connectivity index (χ4v) is 7.08. The molecule has 0 spiro atoms. The number of rotatable bonds is 3. The zero-order chi connectivity index (χ0) is 21.2. The van der Waals surface area contributed by atoms with Gasteiger partial charge in [-0.2, -0.15) is 0 Å². The molecule has 4 nitrogen and oxygen atoms in total. The SMILES string of the molecule is COc1cc2c(cc1C(O)C1[C@@H](C)CC[C@H]3C(C)(C)CCCC13C)OC(C)(C)O2. The van der Waals surface area contributed by atoms with E-state index in [1.807, 2.05) is 26.0 Å². The third-order valence-corrected chi connectivity index (χ3v) is 8.23. The van der Waals surface area contributed by atoms with Crippen molar-refractivity contribution in [2.45, 2.75) is 85.5 Å². The van der Waals surface area contributed by atoms with Gasteiger partial charge in [0.25, 0.3) is 0 Å². The predicted molar refractivity (Wildman–Crippen MR) is 114 cm³/mol. The molecule has 162 valence electrons. The van der Waals surface area contributed by atoms with Gasteiger partial charge in [0.05, 0.1) is 13.2 Å². The molecule has 1 aromatic rings. The number of hydrogen-bond donors (Lipinski definition) is 1. The van der Waals surface area contributed by atoms with Gasteiger partial charge in [0, 0.05) is 25.5 Å². The van der Waals surface area contributed by atoms with E-state index in [9.17, 15) is 5.11 Å². The Bertz CT molecular complexity index is 783. The van der Waals surface area contributed by atoms with Crippen molar-refractivity contribution in [3.05, 3.63) is 17.7 Å². The van der Waals surface area contributed by atoms with Gasteiger partial charge < -0.3 is 19.3 Å². The standard InChI is InChI=1S/C25H38O4/c1-15-9-10-20-23(2,3)11-8-12-25(20,6)21(15)22(26)16-13-18-19(14-17(16)27-7)29-24(4,5)28-18/h13-15,20-22,26H,8-12H2,1-7H3/t15-,20-,21?,22?,25?/m0/s1. The zero-order valence-electron chi connectivity index (χ0n) is 19.2. The van der Waals surface area contributed by atoms with Crippen LogP contribution < -0.4 is 14.2 Å². The minimum Gasteiger partial charge on any atom is -0.496 e. The molecule has 0 amide bonds. The maximum Gasteiger partial charge on any atom is 0.246 e. The number of hydrogen-bond acceptors (Lipinski definition) is 4. The molecule has 3 unspecified atom stereocenters. The van der Waals surface area contributed by atoms with E-state index in [0.29, 0.717) is 34.5 Å². The van der Waals surface area contributed by atoms with E-state index >= 15 is 0 Å². The van der Waals surface area contributed by atoms with Crippen LogP contribution in [0.2, 0.25) is 0 Å². The lowest BCUT2D eigenvalue weighted by Gasteiger charge is -2.60. The summed E-state index contributed by atoms with van der Waals surface area (Å²) in [6.45, 7) is 13.4. The minimum atomic E-state index is -0.695. The molecular weight excluding hydrogens is 364 g/mol. The zero-order valence-corrected chi connectivity index (χ0v) is 19.2. The summed E-state index contributed by atoms with van der Waals surface area (Å²) in [7, 11) is 1.66. The molecule has 0 saturated heterocycles. The first kappa shape index (κ1) is 20.8. The van der Waals surface area contributed by atoms with Gasteiger partial charge in [0.1, 0.15) is 5.75 Å². The maximum absolute atomic E-state index is 11.8. The fraction of sp³-hybridized carbons (Fsp3) is 0.760. The third-order valence-electron chi connectivity index (χ3n) is 8.23. The number of aliphatic hydroxyl groups excluding tert-OH is 1. The van der Waals surface area contributed by atoms with Crippen molar-refractivity contribution in [3.8, 4) is 17.2 Å². The lowest BCUT2D eigenvalue weighted by Crippen LogP contribution is -2.52. The van der Waals surface area contributed by atoms with E-state index in [4.69, 9.17) is 14.2 Å². The van der Waals surface area contributed by atoms with Crippen LogP contribution >= 0.6 is 0 Å². The molecule has 0 aromatic heterocycles. The molecule has 1 heterocycles. The van der Waals surface area contributed by atoms with E-state index in [2.05, 4.69) is 27.7 Å². The molecule has 0 radical (unpaired) electrons. The van der Waals surface area contributed by atoms with E-state index in [0.717, 1.165) is 5.56 Å². The van der Waals surface area contributed by atoms with Crippen LogP contribution in [-0.4, -0.2) is 18.0 Å². The number of aliphatic hydroxyl groups is 1.